The second-order valence-corrected chi connectivity index (χ2v) is 7.42. The summed E-state index contributed by atoms with van der Waals surface area (Å²) in [4.78, 5) is 12.1. The predicted octanol–water partition coefficient (Wildman–Crippen LogP) is 3.97. The standard InChI is InChI=1S/C21H23FN4O3S/c1-4-28-18-10-14(2)8-9-17(18)29-12-19-24-25-21(26(19)3)30-13-20(27)23-16-7-5-6-15(22)11-16/h5-11H,4,12-13H2,1-3H3,(H,23,27). The molecule has 0 saturated carbocycles. The Morgan fingerprint density at radius 2 is 2.00 bits per heavy atom. The zero-order valence-corrected chi connectivity index (χ0v) is 17.8. The summed E-state index contributed by atoms with van der Waals surface area (Å²) < 4.78 is 26.5. The maximum atomic E-state index is 13.2. The van der Waals surface area contributed by atoms with Gasteiger partial charge in [-0.05, 0) is 49.7 Å². The van der Waals surface area contributed by atoms with Crippen molar-refractivity contribution >= 4 is 23.4 Å². The maximum Gasteiger partial charge on any atom is 0.234 e. The van der Waals surface area contributed by atoms with Gasteiger partial charge < -0.3 is 19.4 Å². The molecule has 3 aromatic rings. The lowest BCUT2D eigenvalue weighted by Crippen LogP contribution is -2.14. The minimum Gasteiger partial charge on any atom is -0.490 e. The molecule has 0 aliphatic rings. The van der Waals surface area contributed by atoms with Crippen molar-refractivity contribution in [3.8, 4) is 11.5 Å². The Kier molecular flexibility index (Phi) is 7.29. The number of amides is 1. The highest BCUT2D eigenvalue weighted by Crippen LogP contribution is 2.29. The molecular weight excluding hydrogens is 407 g/mol. The minimum absolute atomic E-state index is 0.121. The van der Waals surface area contributed by atoms with E-state index in [-0.39, 0.29) is 18.3 Å². The monoisotopic (exact) mass is 430 g/mol. The minimum atomic E-state index is -0.403. The fourth-order valence-corrected chi connectivity index (χ4v) is 3.36. The first-order valence-corrected chi connectivity index (χ1v) is 10.4. The molecule has 1 heterocycles. The lowest BCUT2D eigenvalue weighted by atomic mass is 10.2. The third kappa shape index (κ3) is 5.73. The Morgan fingerprint density at radius 3 is 2.77 bits per heavy atom. The summed E-state index contributed by atoms with van der Waals surface area (Å²) in [7, 11) is 1.81. The zero-order valence-electron chi connectivity index (χ0n) is 17.0. The number of rotatable bonds is 9. The summed E-state index contributed by atoms with van der Waals surface area (Å²) in [6.07, 6.45) is 0. The molecule has 1 amide bonds. The summed E-state index contributed by atoms with van der Waals surface area (Å²) in [5.41, 5.74) is 1.50. The third-order valence-electron chi connectivity index (χ3n) is 4.12. The molecule has 0 saturated heterocycles. The first-order valence-electron chi connectivity index (χ1n) is 9.39. The van der Waals surface area contributed by atoms with E-state index in [0.29, 0.717) is 34.8 Å². The van der Waals surface area contributed by atoms with Gasteiger partial charge in [0.15, 0.2) is 22.5 Å². The number of anilines is 1. The van der Waals surface area contributed by atoms with Crippen molar-refractivity contribution in [2.45, 2.75) is 25.6 Å². The Labute approximate surface area is 178 Å². The summed E-state index contributed by atoms with van der Waals surface area (Å²) in [5.74, 6) is 1.39. The topological polar surface area (TPSA) is 78.3 Å². The molecule has 0 atom stereocenters. The van der Waals surface area contributed by atoms with Crippen molar-refractivity contribution in [2.75, 3.05) is 17.7 Å². The third-order valence-corrected chi connectivity index (χ3v) is 5.14. The van der Waals surface area contributed by atoms with Crippen LogP contribution in [0.5, 0.6) is 11.5 Å². The van der Waals surface area contributed by atoms with Crippen LogP contribution in [0.4, 0.5) is 10.1 Å². The molecule has 0 radical (unpaired) electrons. The van der Waals surface area contributed by atoms with Gasteiger partial charge >= 0.3 is 0 Å². The summed E-state index contributed by atoms with van der Waals surface area (Å²) in [5, 5.41) is 11.5. The van der Waals surface area contributed by atoms with Gasteiger partial charge in [-0.2, -0.15) is 0 Å². The van der Waals surface area contributed by atoms with Gasteiger partial charge in [-0.1, -0.05) is 23.9 Å². The van der Waals surface area contributed by atoms with Crippen LogP contribution in [0.1, 0.15) is 18.3 Å². The van der Waals surface area contributed by atoms with E-state index in [2.05, 4.69) is 15.5 Å². The summed E-state index contributed by atoms with van der Waals surface area (Å²) in [6.45, 7) is 4.66. The molecule has 0 bridgehead atoms. The smallest absolute Gasteiger partial charge is 0.234 e. The van der Waals surface area contributed by atoms with Crippen LogP contribution in [0.2, 0.25) is 0 Å². The van der Waals surface area contributed by atoms with Crippen molar-refractivity contribution in [1.82, 2.24) is 14.8 Å². The Morgan fingerprint density at radius 1 is 1.17 bits per heavy atom. The molecule has 7 nitrogen and oxygen atoms in total. The molecule has 3 rings (SSSR count). The molecule has 1 N–H and O–H groups in total. The van der Waals surface area contributed by atoms with Crippen molar-refractivity contribution < 1.29 is 18.7 Å². The number of halogens is 1. The van der Waals surface area contributed by atoms with E-state index in [4.69, 9.17) is 9.47 Å². The molecule has 2 aromatic carbocycles. The first kappa shape index (κ1) is 21.6. The Balaban J connectivity index is 1.56. The van der Waals surface area contributed by atoms with E-state index >= 15 is 0 Å². The molecule has 158 valence electrons. The second-order valence-electron chi connectivity index (χ2n) is 6.48. The van der Waals surface area contributed by atoms with Crippen LogP contribution in [0, 0.1) is 12.7 Å². The average Bonchev–Trinajstić information content (AvgIpc) is 3.06. The van der Waals surface area contributed by atoms with Crippen molar-refractivity contribution in [1.29, 1.82) is 0 Å². The fourth-order valence-electron chi connectivity index (χ4n) is 2.63. The highest BCUT2D eigenvalue weighted by Gasteiger charge is 2.13. The number of carbonyl (C=O) groups excluding carboxylic acids is 1. The SMILES string of the molecule is CCOc1cc(C)ccc1OCc1nnc(SCC(=O)Nc2cccc(F)c2)n1C. The average molecular weight is 431 g/mol. The molecule has 9 heteroatoms. The number of aromatic nitrogens is 3. The number of hydrogen-bond donors (Lipinski definition) is 1. The van der Waals surface area contributed by atoms with E-state index in [1.165, 1.54) is 30.0 Å². The number of nitrogens with zero attached hydrogens (tertiary/aromatic N) is 3. The molecule has 1 aromatic heterocycles. The summed E-state index contributed by atoms with van der Waals surface area (Å²) in [6, 6.07) is 11.5. The normalized spacial score (nSPS) is 10.7. The van der Waals surface area contributed by atoms with Gasteiger partial charge in [0, 0.05) is 12.7 Å². The molecule has 0 aliphatic carbocycles. The van der Waals surface area contributed by atoms with Crippen LogP contribution < -0.4 is 14.8 Å². The lowest BCUT2D eigenvalue weighted by Gasteiger charge is -2.12. The predicted molar refractivity (Wildman–Crippen MR) is 113 cm³/mol. The van der Waals surface area contributed by atoms with Crippen LogP contribution >= 0.6 is 11.8 Å². The number of ether oxygens (including phenoxy) is 2. The zero-order chi connectivity index (χ0) is 21.5. The summed E-state index contributed by atoms with van der Waals surface area (Å²) >= 11 is 1.24. The highest BCUT2D eigenvalue weighted by atomic mass is 32.2. The van der Waals surface area contributed by atoms with Crippen LogP contribution in [-0.2, 0) is 18.4 Å². The van der Waals surface area contributed by atoms with Gasteiger partial charge in [0.1, 0.15) is 12.4 Å². The van der Waals surface area contributed by atoms with Gasteiger partial charge in [-0.25, -0.2) is 4.39 Å². The number of nitrogens with one attached hydrogen (secondary N) is 1. The van der Waals surface area contributed by atoms with E-state index < -0.39 is 5.82 Å². The van der Waals surface area contributed by atoms with Gasteiger partial charge in [0.05, 0.1) is 12.4 Å². The van der Waals surface area contributed by atoms with Gasteiger partial charge in [0.25, 0.3) is 0 Å². The van der Waals surface area contributed by atoms with E-state index in [0.717, 1.165) is 5.56 Å². The van der Waals surface area contributed by atoms with E-state index in [1.807, 2.05) is 39.1 Å². The quantitative estimate of drug-likeness (QED) is 0.518. The van der Waals surface area contributed by atoms with Gasteiger partial charge in [-0.15, -0.1) is 10.2 Å². The largest absolute Gasteiger partial charge is 0.490 e. The van der Waals surface area contributed by atoms with Crippen molar-refractivity contribution in [3.63, 3.8) is 0 Å². The van der Waals surface area contributed by atoms with Crippen LogP contribution in [-0.4, -0.2) is 33.0 Å². The number of aryl methyl sites for hydroxylation is 1. The van der Waals surface area contributed by atoms with Crippen LogP contribution in [0.3, 0.4) is 0 Å². The first-order chi connectivity index (χ1) is 14.5. The van der Waals surface area contributed by atoms with Gasteiger partial charge in [0.2, 0.25) is 5.91 Å². The number of carbonyl (C=O) groups is 1. The molecule has 30 heavy (non-hydrogen) atoms. The molecule has 0 unspecified atom stereocenters. The number of thioether (sulfide) groups is 1. The second kappa shape index (κ2) is 10.1. The number of hydrogen-bond acceptors (Lipinski definition) is 6. The van der Waals surface area contributed by atoms with Crippen molar-refractivity contribution in [2.24, 2.45) is 7.05 Å². The van der Waals surface area contributed by atoms with Gasteiger partial charge in [-0.3, -0.25) is 4.79 Å². The van der Waals surface area contributed by atoms with Crippen LogP contribution in [0.15, 0.2) is 47.6 Å². The Hall–Kier alpha value is -3.07. The molecular formula is C21H23FN4O3S. The van der Waals surface area contributed by atoms with E-state index in [9.17, 15) is 9.18 Å². The van der Waals surface area contributed by atoms with Crippen molar-refractivity contribution in [3.05, 3.63) is 59.7 Å². The van der Waals surface area contributed by atoms with Crippen LogP contribution in [0.25, 0.3) is 0 Å². The molecule has 0 aliphatic heterocycles. The molecule has 0 spiro atoms. The maximum absolute atomic E-state index is 13.2. The Bertz CT molecular complexity index is 1030. The highest BCUT2D eigenvalue weighted by molar-refractivity contribution is 7.99. The molecule has 0 fully saturated rings. The van der Waals surface area contributed by atoms with E-state index in [1.54, 1.807) is 10.6 Å². The number of benzene rings is 2. The lowest BCUT2D eigenvalue weighted by molar-refractivity contribution is -0.113. The fraction of sp³-hybridized carbons (Fsp3) is 0.286.